The summed E-state index contributed by atoms with van der Waals surface area (Å²) < 4.78 is 16.5. The summed E-state index contributed by atoms with van der Waals surface area (Å²) >= 11 is 5.62. The van der Waals surface area contributed by atoms with E-state index in [9.17, 15) is 45.4 Å². The van der Waals surface area contributed by atoms with E-state index in [0.717, 1.165) is 4.90 Å². The van der Waals surface area contributed by atoms with E-state index in [0.29, 0.717) is 5.01 Å². The van der Waals surface area contributed by atoms with Crippen LogP contribution in [0.3, 0.4) is 0 Å². The van der Waals surface area contributed by atoms with Crippen LogP contribution < -0.4 is 0 Å². The monoisotopic (exact) mass is 545 g/mol. The van der Waals surface area contributed by atoms with Gasteiger partial charge in [0.05, 0.1) is 31.7 Å². The summed E-state index contributed by atoms with van der Waals surface area (Å²) in [5, 5.41) is 73.8. The molecule has 10 atom stereocenters. The summed E-state index contributed by atoms with van der Waals surface area (Å²) in [5.74, 6) is -0.240. The average molecular weight is 546 g/mol. The molecule has 0 bridgehead atoms. The Hall–Kier alpha value is -1.24. The molecule has 36 heavy (non-hydrogen) atoms. The van der Waals surface area contributed by atoms with Gasteiger partial charge in [0.25, 0.3) is 0 Å². The third kappa shape index (κ3) is 7.20. The van der Waals surface area contributed by atoms with Crippen LogP contribution in [0.1, 0.15) is 13.8 Å². The minimum absolute atomic E-state index is 0.00384. The van der Waals surface area contributed by atoms with Gasteiger partial charge in [-0.2, -0.15) is 5.01 Å². The fraction of sp³-hybridized carbons (Fsp3) is 0.950. The Morgan fingerprint density at radius 2 is 1.44 bits per heavy atom. The Bertz CT molecular complexity index is 707. The van der Waals surface area contributed by atoms with E-state index in [2.05, 4.69) is 5.29 Å². The molecule has 2 fully saturated rings. The van der Waals surface area contributed by atoms with Crippen LogP contribution in [0, 0.1) is 10.8 Å². The molecular weight excluding hydrogens is 510 g/mol. The molecule has 0 saturated carbocycles. The van der Waals surface area contributed by atoms with E-state index in [1.807, 2.05) is 0 Å². The Morgan fingerprint density at radius 1 is 0.917 bits per heavy atom. The molecule has 2 rings (SSSR count). The van der Waals surface area contributed by atoms with Gasteiger partial charge in [-0.25, -0.2) is 4.79 Å². The number of urea groups is 1. The number of alkyl halides is 1. The average Bonchev–Trinajstić information content (AvgIpc) is 2.85. The van der Waals surface area contributed by atoms with Gasteiger partial charge in [0.1, 0.15) is 54.9 Å². The van der Waals surface area contributed by atoms with Crippen LogP contribution in [0.15, 0.2) is 5.29 Å². The predicted molar refractivity (Wildman–Crippen MR) is 121 cm³/mol. The van der Waals surface area contributed by atoms with E-state index in [-0.39, 0.29) is 31.5 Å². The van der Waals surface area contributed by atoms with Crippen molar-refractivity contribution in [2.45, 2.75) is 75.0 Å². The smallest absolute Gasteiger partial charge is 0.345 e. The number of aliphatic hydroxyl groups excluding tert-OH is 7. The highest BCUT2D eigenvalue weighted by molar-refractivity contribution is 6.18. The van der Waals surface area contributed by atoms with Crippen LogP contribution in [0.25, 0.3) is 0 Å². The number of rotatable bonds is 11. The third-order valence-electron chi connectivity index (χ3n) is 5.97. The quantitative estimate of drug-likeness (QED) is 0.0781. The minimum Gasteiger partial charge on any atom is -0.394 e. The molecule has 10 unspecified atom stereocenters. The van der Waals surface area contributed by atoms with Crippen molar-refractivity contribution in [2.75, 3.05) is 38.8 Å². The van der Waals surface area contributed by atoms with Crippen molar-refractivity contribution < 1.29 is 54.8 Å². The lowest BCUT2D eigenvalue weighted by Gasteiger charge is -2.45. The van der Waals surface area contributed by atoms with E-state index in [4.69, 9.17) is 25.8 Å². The second-order valence-corrected chi connectivity index (χ2v) is 9.54. The Balaban J connectivity index is 2.12. The van der Waals surface area contributed by atoms with Crippen LogP contribution in [0.2, 0.25) is 0 Å². The summed E-state index contributed by atoms with van der Waals surface area (Å²) in [7, 11) is 0. The molecule has 0 aromatic heterocycles. The van der Waals surface area contributed by atoms with Crippen molar-refractivity contribution in [2.24, 2.45) is 11.2 Å². The Kier molecular flexibility index (Phi) is 12.1. The number of hydrogen-bond acceptors (Lipinski definition) is 13. The molecule has 2 aliphatic heterocycles. The van der Waals surface area contributed by atoms with Gasteiger partial charge in [-0.05, 0) is 5.92 Å². The lowest BCUT2D eigenvalue weighted by molar-refractivity contribution is -0.268. The minimum atomic E-state index is -1.75. The topological polar surface area (TPSA) is 222 Å². The first-order chi connectivity index (χ1) is 17.0. The molecular formula is C20H36ClN3O12. The molecule has 2 heterocycles. The van der Waals surface area contributed by atoms with Crippen LogP contribution in [-0.2, 0) is 14.2 Å². The molecule has 0 aromatic carbocycles. The molecule has 15 nitrogen and oxygen atoms in total. The van der Waals surface area contributed by atoms with Crippen molar-refractivity contribution in [3.05, 3.63) is 4.91 Å². The molecule has 210 valence electrons. The largest absolute Gasteiger partial charge is 0.394 e. The molecule has 2 saturated heterocycles. The molecule has 0 radical (unpaired) electrons. The number of ether oxygens (including phenoxy) is 3. The Morgan fingerprint density at radius 3 is 1.94 bits per heavy atom. The van der Waals surface area contributed by atoms with Gasteiger partial charge >= 0.3 is 6.03 Å². The molecule has 7 N–H and O–H groups in total. The number of nitrogens with zero attached hydrogens (tertiary/aromatic N) is 3. The van der Waals surface area contributed by atoms with Crippen molar-refractivity contribution in [3.8, 4) is 0 Å². The van der Waals surface area contributed by atoms with Gasteiger partial charge in [-0.1, -0.05) is 13.8 Å². The van der Waals surface area contributed by atoms with Crippen LogP contribution in [-0.4, -0.2) is 152 Å². The first kappa shape index (κ1) is 31.0. The van der Waals surface area contributed by atoms with Gasteiger partial charge in [-0.3, -0.25) is 4.90 Å². The van der Waals surface area contributed by atoms with Crippen LogP contribution >= 0.6 is 11.6 Å². The van der Waals surface area contributed by atoms with Gasteiger partial charge < -0.3 is 50.0 Å². The standard InChI is InChI=1S/C20H36ClN3O12/c1-9(2)5-23(20(32)24(22-33)4-3-21)19-18(31)17(30)15(28)12(36-19)8-34-7-11-14(27)16(29)13(26)10(6-25)35-11/h9-19,25-31H,3-8H2,1-2H3. The summed E-state index contributed by atoms with van der Waals surface area (Å²) in [6.07, 6.45) is -14.8. The third-order valence-corrected chi connectivity index (χ3v) is 6.14. The van der Waals surface area contributed by atoms with Gasteiger partial charge in [0.2, 0.25) is 0 Å². The zero-order valence-electron chi connectivity index (χ0n) is 20.0. The van der Waals surface area contributed by atoms with Gasteiger partial charge in [-0.15, -0.1) is 16.5 Å². The maximum absolute atomic E-state index is 12.9. The first-order valence-corrected chi connectivity index (χ1v) is 12.1. The molecule has 0 aliphatic carbocycles. The fourth-order valence-electron chi connectivity index (χ4n) is 4.03. The second kappa shape index (κ2) is 14.1. The molecule has 0 aromatic rings. The van der Waals surface area contributed by atoms with Crippen molar-refractivity contribution >= 4 is 17.6 Å². The van der Waals surface area contributed by atoms with Gasteiger partial charge in [0, 0.05) is 12.4 Å². The van der Waals surface area contributed by atoms with E-state index in [1.165, 1.54) is 0 Å². The second-order valence-electron chi connectivity index (χ2n) is 9.16. The van der Waals surface area contributed by atoms with E-state index >= 15 is 0 Å². The SMILES string of the molecule is CC(C)CN(C(=O)N(CCCl)N=O)C1OC(COCC2OC(CO)C(O)C(O)C2O)C(O)C(O)C1O. The zero-order valence-corrected chi connectivity index (χ0v) is 20.7. The molecule has 16 heteroatoms. The highest BCUT2D eigenvalue weighted by atomic mass is 35.5. The Labute approximate surface area is 212 Å². The lowest BCUT2D eigenvalue weighted by Crippen LogP contribution is -2.65. The first-order valence-electron chi connectivity index (χ1n) is 11.5. The summed E-state index contributed by atoms with van der Waals surface area (Å²) in [4.78, 5) is 25.1. The summed E-state index contributed by atoms with van der Waals surface area (Å²) in [6.45, 7) is 1.94. The summed E-state index contributed by atoms with van der Waals surface area (Å²) in [6, 6.07) is -0.923. The highest BCUT2D eigenvalue weighted by Crippen LogP contribution is 2.27. The number of carbonyl (C=O) groups is 1. The van der Waals surface area contributed by atoms with E-state index in [1.54, 1.807) is 13.8 Å². The number of hydrogen-bond donors (Lipinski definition) is 7. The maximum atomic E-state index is 12.9. The van der Waals surface area contributed by atoms with Gasteiger partial charge in [0.15, 0.2) is 6.23 Å². The fourth-order valence-corrected chi connectivity index (χ4v) is 4.19. The predicted octanol–water partition coefficient (Wildman–Crippen LogP) is -3.05. The van der Waals surface area contributed by atoms with Crippen LogP contribution in [0.4, 0.5) is 4.79 Å². The van der Waals surface area contributed by atoms with Crippen LogP contribution in [0.5, 0.6) is 0 Å². The van der Waals surface area contributed by atoms with Crippen molar-refractivity contribution in [1.29, 1.82) is 0 Å². The number of halogens is 1. The van der Waals surface area contributed by atoms with Crippen molar-refractivity contribution in [1.82, 2.24) is 9.91 Å². The zero-order chi connectivity index (χ0) is 27.2. The normalized spacial score (nSPS) is 37.1. The molecule has 2 aliphatic rings. The number of carbonyl (C=O) groups excluding carboxylic acids is 1. The highest BCUT2D eigenvalue weighted by Gasteiger charge is 2.48. The number of nitroso groups, excluding NO2 is 1. The number of aliphatic hydroxyl groups is 7. The summed E-state index contributed by atoms with van der Waals surface area (Å²) in [5.41, 5.74) is 0. The number of amides is 2. The molecule has 0 spiro atoms. The van der Waals surface area contributed by atoms with E-state index < -0.39 is 80.4 Å². The lowest BCUT2D eigenvalue weighted by atomic mass is 9.95. The van der Waals surface area contributed by atoms with Crippen molar-refractivity contribution in [3.63, 3.8) is 0 Å². The molecule has 2 amide bonds. The maximum Gasteiger partial charge on any atom is 0.345 e.